The van der Waals surface area contributed by atoms with Crippen molar-refractivity contribution in [3.63, 3.8) is 0 Å². The highest BCUT2D eigenvalue weighted by atomic mass is 16.5. The summed E-state index contributed by atoms with van der Waals surface area (Å²) >= 11 is 0. The van der Waals surface area contributed by atoms with Crippen molar-refractivity contribution >= 4 is 22.9 Å². The average Bonchev–Trinajstić information content (AvgIpc) is 3.28. The van der Waals surface area contributed by atoms with Crippen molar-refractivity contribution in [1.82, 2.24) is 24.7 Å². The van der Waals surface area contributed by atoms with Gasteiger partial charge < -0.3 is 10.1 Å². The second-order valence-corrected chi connectivity index (χ2v) is 9.68. The summed E-state index contributed by atoms with van der Waals surface area (Å²) in [7, 11) is 0. The molecule has 2 aromatic carbocycles. The molecular weight excluding hydrogens is 426 g/mol. The summed E-state index contributed by atoms with van der Waals surface area (Å²) in [4.78, 5) is 17.1. The topological polar surface area (TPSA) is 61.2 Å². The number of anilines is 1. The van der Waals surface area contributed by atoms with Crippen LogP contribution in [0.2, 0.25) is 0 Å². The molecule has 4 heterocycles. The van der Waals surface area contributed by atoms with Gasteiger partial charge >= 0.3 is 0 Å². The molecule has 1 saturated heterocycles. The zero-order valence-electron chi connectivity index (χ0n) is 20.0. The summed E-state index contributed by atoms with van der Waals surface area (Å²) in [5, 5.41) is 3.73. The quantitative estimate of drug-likeness (QED) is 0.633. The Morgan fingerprint density at radius 2 is 1.76 bits per heavy atom. The Kier molecular flexibility index (Phi) is 5.72. The number of morpholine rings is 1. The van der Waals surface area contributed by atoms with E-state index in [9.17, 15) is 0 Å². The SMILES string of the molecule is CC(C)c1ccc([C@@H]2NC3=NCN(CCN4CCOCC4)CN3c3nc4ccccc4n32)cc1. The highest BCUT2D eigenvalue weighted by Crippen LogP contribution is 2.34. The molecule has 1 fully saturated rings. The van der Waals surface area contributed by atoms with Gasteiger partial charge in [0.2, 0.25) is 11.9 Å². The summed E-state index contributed by atoms with van der Waals surface area (Å²) in [5.41, 5.74) is 4.70. The van der Waals surface area contributed by atoms with Crippen molar-refractivity contribution in [2.45, 2.75) is 25.9 Å². The fraction of sp³-hybridized carbons (Fsp3) is 0.462. The molecule has 8 heteroatoms. The van der Waals surface area contributed by atoms with Crippen LogP contribution in [0.3, 0.4) is 0 Å². The van der Waals surface area contributed by atoms with Gasteiger partial charge in [0.1, 0.15) is 6.17 Å². The molecule has 0 bridgehead atoms. The molecule has 1 N–H and O–H groups in total. The summed E-state index contributed by atoms with van der Waals surface area (Å²) in [6.45, 7) is 11.7. The van der Waals surface area contributed by atoms with Crippen LogP contribution in [0, 0.1) is 0 Å². The van der Waals surface area contributed by atoms with Crippen molar-refractivity contribution in [1.29, 1.82) is 0 Å². The van der Waals surface area contributed by atoms with Gasteiger partial charge in [0.05, 0.1) is 37.6 Å². The molecule has 1 atom stereocenters. The number of nitrogens with zero attached hydrogens (tertiary/aromatic N) is 6. The van der Waals surface area contributed by atoms with Gasteiger partial charge in [-0.25, -0.2) is 9.98 Å². The number of aromatic nitrogens is 2. The molecule has 0 saturated carbocycles. The van der Waals surface area contributed by atoms with Crippen molar-refractivity contribution in [2.24, 2.45) is 4.99 Å². The Bertz CT molecular complexity index is 1180. The number of guanidine groups is 1. The van der Waals surface area contributed by atoms with Gasteiger partial charge in [0.25, 0.3) is 0 Å². The molecule has 6 rings (SSSR count). The Labute approximate surface area is 200 Å². The molecule has 0 radical (unpaired) electrons. The van der Waals surface area contributed by atoms with Crippen LogP contribution in [-0.4, -0.2) is 78.0 Å². The van der Waals surface area contributed by atoms with E-state index < -0.39 is 0 Å². The summed E-state index contributed by atoms with van der Waals surface area (Å²) in [5.74, 6) is 2.37. The highest BCUT2D eigenvalue weighted by molar-refractivity contribution is 5.98. The summed E-state index contributed by atoms with van der Waals surface area (Å²) in [6.07, 6.45) is -0.0430. The molecule has 0 unspecified atom stereocenters. The summed E-state index contributed by atoms with van der Waals surface area (Å²) < 4.78 is 7.81. The Morgan fingerprint density at radius 1 is 1.00 bits per heavy atom. The molecule has 0 aliphatic carbocycles. The van der Waals surface area contributed by atoms with E-state index >= 15 is 0 Å². The van der Waals surface area contributed by atoms with E-state index in [1.165, 1.54) is 11.1 Å². The maximum Gasteiger partial charge on any atom is 0.216 e. The monoisotopic (exact) mass is 459 g/mol. The van der Waals surface area contributed by atoms with Crippen LogP contribution in [0.5, 0.6) is 0 Å². The largest absolute Gasteiger partial charge is 0.379 e. The number of rotatable bonds is 5. The van der Waals surface area contributed by atoms with E-state index in [1.54, 1.807) is 0 Å². The van der Waals surface area contributed by atoms with Gasteiger partial charge in [-0.3, -0.25) is 19.3 Å². The molecule has 0 spiro atoms. The number of fused-ring (bicyclic) bond motifs is 5. The molecule has 0 amide bonds. The minimum absolute atomic E-state index is 0.0430. The van der Waals surface area contributed by atoms with E-state index in [2.05, 4.69) is 87.0 Å². The maximum absolute atomic E-state index is 5.49. The number of nitrogens with one attached hydrogen (secondary N) is 1. The van der Waals surface area contributed by atoms with Crippen LogP contribution in [0.25, 0.3) is 11.0 Å². The van der Waals surface area contributed by atoms with Crippen molar-refractivity contribution < 1.29 is 4.74 Å². The fourth-order valence-corrected chi connectivity index (χ4v) is 5.05. The van der Waals surface area contributed by atoms with Crippen LogP contribution >= 0.6 is 0 Å². The third-order valence-electron chi connectivity index (χ3n) is 7.12. The van der Waals surface area contributed by atoms with Crippen molar-refractivity contribution in [3.05, 3.63) is 59.7 Å². The number of aliphatic imine (C=N–C) groups is 1. The lowest BCUT2D eigenvalue weighted by atomic mass is 10.0. The van der Waals surface area contributed by atoms with E-state index in [4.69, 9.17) is 14.7 Å². The lowest BCUT2D eigenvalue weighted by molar-refractivity contribution is 0.0334. The zero-order valence-corrected chi connectivity index (χ0v) is 20.0. The first-order chi connectivity index (χ1) is 16.7. The predicted molar refractivity (Wildman–Crippen MR) is 135 cm³/mol. The van der Waals surface area contributed by atoms with Crippen molar-refractivity contribution in [3.8, 4) is 0 Å². The standard InChI is InChI=1S/C26H33N7O/c1-19(2)20-7-9-21(10-8-20)24-29-25-27-17-31(12-11-30-13-15-34-16-14-30)18-32(25)26-28-22-5-3-4-6-23(22)33(24)26/h3-10,19,24H,11-18H2,1-2H3,(H,27,29)/t24-/m1/s1. The van der Waals surface area contributed by atoms with E-state index in [1.807, 2.05) is 0 Å². The molecule has 1 aromatic heterocycles. The first-order valence-corrected chi connectivity index (χ1v) is 12.4. The third-order valence-corrected chi connectivity index (χ3v) is 7.12. The lowest BCUT2D eigenvalue weighted by Crippen LogP contribution is -2.58. The lowest BCUT2D eigenvalue weighted by Gasteiger charge is -2.42. The molecule has 8 nitrogen and oxygen atoms in total. The predicted octanol–water partition coefficient (Wildman–Crippen LogP) is 3.04. The zero-order chi connectivity index (χ0) is 23.1. The maximum atomic E-state index is 5.49. The van der Waals surface area contributed by atoms with Crippen LogP contribution < -0.4 is 10.2 Å². The Morgan fingerprint density at radius 3 is 2.56 bits per heavy atom. The van der Waals surface area contributed by atoms with Crippen LogP contribution in [0.4, 0.5) is 5.95 Å². The molecule has 3 aromatic rings. The molecule has 178 valence electrons. The normalized spacial score (nSPS) is 21.3. The summed E-state index contributed by atoms with van der Waals surface area (Å²) in [6, 6.07) is 17.3. The third kappa shape index (κ3) is 3.96. The first kappa shape index (κ1) is 21.6. The van der Waals surface area contributed by atoms with Gasteiger partial charge in [-0.15, -0.1) is 0 Å². The van der Waals surface area contributed by atoms with E-state index in [0.717, 1.165) is 69.0 Å². The molecule has 3 aliphatic heterocycles. The van der Waals surface area contributed by atoms with Crippen molar-refractivity contribution in [2.75, 3.05) is 57.6 Å². The van der Waals surface area contributed by atoms with Gasteiger partial charge in [0, 0.05) is 26.2 Å². The highest BCUT2D eigenvalue weighted by Gasteiger charge is 2.35. The number of imidazole rings is 1. The van der Waals surface area contributed by atoms with Gasteiger partial charge in [-0.1, -0.05) is 50.2 Å². The minimum Gasteiger partial charge on any atom is -0.379 e. The number of ether oxygens (including phenoxy) is 1. The number of hydrogen-bond acceptors (Lipinski definition) is 7. The van der Waals surface area contributed by atoms with Crippen LogP contribution in [-0.2, 0) is 4.74 Å². The van der Waals surface area contributed by atoms with Gasteiger partial charge in [-0.2, -0.15) is 0 Å². The Hall–Kier alpha value is -2.94. The molecule has 3 aliphatic rings. The first-order valence-electron chi connectivity index (χ1n) is 12.4. The smallest absolute Gasteiger partial charge is 0.216 e. The van der Waals surface area contributed by atoms with Gasteiger partial charge in [-0.05, 0) is 29.2 Å². The Balaban J connectivity index is 1.31. The second kappa shape index (κ2) is 9.02. The second-order valence-electron chi connectivity index (χ2n) is 9.68. The number of para-hydroxylation sites is 2. The van der Waals surface area contributed by atoms with E-state index in [0.29, 0.717) is 12.6 Å². The number of benzene rings is 2. The molecule has 34 heavy (non-hydrogen) atoms. The number of hydrogen-bond donors (Lipinski definition) is 1. The van der Waals surface area contributed by atoms with Gasteiger partial charge in [0.15, 0.2) is 0 Å². The average molecular weight is 460 g/mol. The fourth-order valence-electron chi connectivity index (χ4n) is 5.05. The molecular formula is C26H33N7O. The van der Waals surface area contributed by atoms with E-state index in [-0.39, 0.29) is 6.17 Å². The van der Waals surface area contributed by atoms with Crippen LogP contribution in [0.1, 0.15) is 37.1 Å². The van der Waals surface area contributed by atoms with Crippen LogP contribution in [0.15, 0.2) is 53.5 Å². The minimum atomic E-state index is -0.0430.